The number of aromatic amines is 1. The fourth-order valence-corrected chi connectivity index (χ4v) is 2.47. The molecule has 0 atom stereocenters. The third-order valence-electron chi connectivity index (χ3n) is 3.53. The highest BCUT2D eigenvalue weighted by Crippen LogP contribution is 2.22. The van der Waals surface area contributed by atoms with Crippen LogP contribution in [-0.2, 0) is 0 Å². The van der Waals surface area contributed by atoms with Crippen molar-refractivity contribution < 1.29 is 9.53 Å². The lowest BCUT2D eigenvalue weighted by molar-refractivity contribution is 0.0950. The van der Waals surface area contributed by atoms with Gasteiger partial charge in [-0.25, -0.2) is 5.43 Å². The molecule has 0 aliphatic carbocycles. The maximum Gasteiger partial charge on any atom is 0.289 e. The number of ether oxygens (including phenoxy) is 1. The quantitative estimate of drug-likeness (QED) is 0.508. The van der Waals surface area contributed by atoms with E-state index >= 15 is 0 Å². The van der Waals surface area contributed by atoms with Crippen molar-refractivity contribution in [2.24, 2.45) is 5.10 Å². The van der Waals surface area contributed by atoms with Gasteiger partial charge in [-0.05, 0) is 48.0 Å². The van der Waals surface area contributed by atoms with Crippen LogP contribution in [0.3, 0.4) is 0 Å². The predicted octanol–water partition coefficient (Wildman–Crippen LogP) is 4.16. The highest BCUT2D eigenvalue weighted by atomic mass is 35.5. The highest BCUT2D eigenvalue weighted by Gasteiger charge is 2.10. The summed E-state index contributed by atoms with van der Waals surface area (Å²) >= 11 is 11.8. The first-order chi connectivity index (χ1) is 12.6. The molecule has 3 aromatic rings. The van der Waals surface area contributed by atoms with Crippen molar-refractivity contribution in [2.75, 3.05) is 7.11 Å². The Morgan fingerprint density at radius 3 is 2.62 bits per heavy atom. The van der Waals surface area contributed by atoms with E-state index in [1.807, 2.05) is 24.3 Å². The maximum atomic E-state index is 12.1. The third-order valence-corrected chi connectivity index (χ3v) is 4.27. The number of carbonyl (C=O) groups excluding carboxylic acids is 1. The van der Waals surface area contributed by atoms with E-state index < -0.39 is 5.91 Å². The Labute approximate surface area is 159 Å². The van der Waals surface area contributed by atoms with Gasteiger partial charge in [-0.1, -0.05) is 29.3 Å². The second-order valence-corrected chi connectivity index (χ2v) is 6.08. The van der Waals surface area contributed by atoms with Crippen molar-refractivity contribution in [1.82, 2.24) is 15.6 Å². The minimum absolute atomic E-state index is 0.294. The average molecular weight is 389 g/mol. The smallest absolute Gasteiger partial charge is 0.289 e. The zero-order chi connectivity index (χ0) is 18.5. The summed E-state index contributed by atoms with van der Waals surface area (Å²) in [5.41, 5.74) is 4.94. The van der Waals surface area contributed by atoms with Crippen LogP contribution in [0.15, 0.2) is 53.6 Å². The molecule has 1 heterocycles. The summed E-state index contributed by atoms with van der Waals surface area (Å²) < 4.78 is 5.12. The molecule has 1 aromatic heterocycles. The molecular weight excluding hydrogens is 375 g/mol. The van der Waals surface area contributed by atoms with Gasteiger partial charge in [0.05, 0.1) is 29.1 Å². The Morgan fingerprint density at radius 1 is 1.15 bits per heavy atom. The fourth-order valence-electron chi connectivity index (χ4n) is 2.17. The standard InChI is InChI=1S/C18H14Cl2N4O2/c1-26-13-5-3-12(4-6-13)16-9-17(23-22-16)18(25)24-21-10-11-2-7-14(19)15(20)8-11/h2-10H,1H3,(H,22,23)(H,24,25)/b21-10+. The van der Waals surface area contributed by atoms with Crippen LogP contribution in [0.5, 0.6) is 5.75 Å². The topological polar surface area (TPSA) is 79.4 Å². The molecule has 0 bridgehead atoms. The molecule has 0 saturated heterocycles. The molecule has 0 fully saturated rings. The number of benzene rings is 2. The summed E-state index contributed by atoms with van der Waals surface area (Å²) in [7, 11) is 1.60. The number of H-pyrrole nitrogens is 1. The molecule has 3 rings (SSSR count). The first-order valence-corrected chi connectivity index (χ1v) is 8.30. The second-order valence-electron chi connectivity index (χ2n) is 5.27. The lowest BCUT2D eigenvalue weighted by atomic mass is 10.1. The van der Waals surface area contributed by atoms with Gasteiger partial charge in [-0.2, -0.15) is 10.2 Å². The van der Waals surface area contributed by atoms with Crippen LogP contribution < -0.4 is 10.2 Å². The SMILES string of the molecule is COc1ccc(-c2cc(C(=O)N/N=C/c3ccc(Cl)c(Cl)c3)[nH]n2)cc1. The zero-order valence-electron chi connectivity index (χ0n) is 13.7. The number of methoxy groups -OCH3 is 1. The van der Waals surface area contributed by atoms with Crippen LogP contribution in [0.1, 0.15) is 16.1 Å². The Kier molecular flexibility index (Phi) is 5.55. The van der Waals surface area contributed by atoms with Gasteiger partial charge >= 0.3 is 0 Å². The summed E-state index contributed by atoms with van der Waals surface area (Å²) in [5.74, 6) is 0.340. The minimum atomic E-state index is -0.409. The highest BCUT2D eigenvalue weighted by molar-refractivity contribution is 6.42. The molecule has 26 heavy (non-hydrogen) atoms. The maximum absolute atomic E-state index is 12.1. The number of carbonyl (C=O) groups is 1. The van der Waals surface area contributed by atoms with E-state index in [2.05, 4.69) is 20.7 Å². The molecular formula is C18H14Cl2N4O2. The third kappa shape index (κ3) is 4.22. The summed E-state index contributed by atoms with van der Waals surface area (Å²) in [6.07, 6.45) is 1.47. The van der Waals surface area contributed by atoms with Crippen molar-refractivity contribution in [2.45, 2.75) is 0 Å². The number of hydrogen-bond acceptors (Lipinski definition) is 4. The van der Waals surface area contributed by atoms with Gasteiger partial charge in [0, 0.05) is 5.56 Å². The van der Waals surface area contributed by atoms with Crippen molar-refractivity contribution in [3.63, 3.8) is 0 Å². The number of amides is 1. The van der Waals surface area contributed by atoms with Gasteiger partial charge < -0.3 is 4.74 Å². The number of aromatic nitrogens is 2. The Morgan fingerprint density at radius 2 is 1.92 bits per heavy atom. The molecule has 0 spiro atoms. The van der Waals surface area contributed by atoms with E-state index in [1.54, 1.807) is 31.4 Å². The largest absolute Gasteiger partial charge is 0.497 e. The molecule has 0 unspecified atom stereocenters. The van der Waals surface area contributed by atoms with Gasteiger partial charge in [0.2, 0.25) is 0 Å². The Hall–Kier alpha value is -2.83. The fraction of sp³-hybridized carbons (Fsp3) is 0.0556. The summed E-state index contributed by atoms with van der Waals surface area (Å²) in [6.45, 7) is 0. The number of nitrogens with zero attached hydrogens (tertiary/aromatic N) is 2. The Bertz CT molecular complexity index is 952. The number of hydrazone groups is 1. The summed E-state index contributed by atoms with van der Waals surface area (Å²) in [6, 6.07) is 14.1. The molecule has 0 radical (unpaired) electrons. The van der Waals surface area contributed by atoms with Crippen LogP contribution in [0.4, 0.5) is 0 Å². The molecule has 6 nitrogen and oxygen atoms in total. The molecule has 0 aliphatic heterocycles. The van der Waals surface area contributed by atoms with Crippen molar-refractivity contribution >= 4 is 35.3 Å². The molecule has 8 heteroatoms. The van der Waals surface area contributed by atoms with E-state index in [-0.39, 0.29) is 0 Å². The molecule has 1 amide bonds. The van der Waals surface area contributed by atoms with Crippen molar-refractivity contribution in [3.8, 4) is 17.0 Å². The lowest BCUT2D eigenvalue weighted by Crippen LogP contribution is -2.18. The normalized spacial score (nSPS) is 10.9. The number of halogens is 2. The van der Waals surface area contributed by atoms with Gasteiger partial charge in [-0.15, -0.1) is 0 Å². The van der Waals surface area contributed by atoms with Gasteiger partial charge in [0.25, 0.3) is 5.91 Å². The molecule has 132 valence electrons. The molecule has 2 N–H and O–H groups in total. The first kappa shape index (κ1) is 18.0. The number of nitrogens with one attached hydrogen (secondary N) is 2. The first-order valence-electron chi connectivity index (χ1n) is 7.55. The second kappa shape index (κ2) is 8.03. The molecule has 0 saturated carbocycles. The molecule has 0 aliphatic rings. The van der Waals surface area contributed by atoms with Gasteiger partial charge in [-0.3, -0.25) is 9.89 Å². The lowest BCUT2D eigenvalue weighted by Gasteiger charge is -2.00. The minimum Gasteiger partial charge on any atom is -0.497 e. The van der Waals surface area contributed by atoms with E-state index in [1.165, 1.54) is 6.21 Å². The number of hydrogen-bond donors (Lipinski definition) is 2. The van der Waals surface area contributed by atoms with Crippen molar-refractivity contribution in [1.29, 1.82) is 0 Å². The molecule has 2 aromatic carbocycles. The van der Waals surface area contributed by atoms with Crippen LogP contribution in [0, 0.1) is 0 Å². The van der Waals surface area contributed by atoms with Crippen LogP contribution in [0.2, 0.25) is 10.0 Å². The summed E-state index contributed by atoms with van der Waals surface area (Å²) in [5, 5.41) is 11.6. The van der Waals surface area contributed by atoms with Gasteiger partial charge in [0.1, 0.15) is 11.4 Å². The van der Waals surface area contributed by atoms with Crippen molar-refractivity contribution in [3.05, 3.63) is 69.8 Å². The van der Waals surface area contributed by atoms with Crippen LogP contribution in [-0.4, -0.2) is 29.4 Å². The van der Waals surface area contributed by atoms with E-state index in [0.717, 1.165) is 11.3 Å². The van der Waals surface area contributed by atoms with E-state index in [4.69, 9.17) is 27.9 Å². The van der Waals surface area contributed by atoms with E-state index in [0.29, 0.717) is 27.0 Å². The van der Waals surface area contributed by atoms with E-state index in [9.17, 15) is 4.79 Å². The number of rotatable bonds is 5. The van der Waals surface area contributed by atoms with Crippen LogP contribution in [0.25, 0.3) is 11.3 Å². The van der Waals surface area contributed by atoms with Crippen LogP contribution >= 0.6 is 23.2 Å². The monoisotopic (exact) mass is 388 g/mol. The predicted molar refractivity (Wildman–Crippen MR) is 102 cm³/mol. The summed E-state index contributed by atoms with van der Waals surface area (Å²) in [4.78, 5) is 12.1. The Balaban J connectivity index is 1.65. The zero-order valence-corrected chi connectivity index (χ0v) is 15.2. The van der Waals surface area contributed by atoms with Gasteiger partial charge in [0.15, 0.2) is 0 Å². The average Bonchev–Trinajstić information content (AvgIpc) is 3.15.